The standard InChI is InChI=1S/C17H19NO2/c1-14(12-15-6-4-3-5-7-15)18(19)13-16-8-10-17(20-2)11-9-16/h3-11,13-14H,12H2,1-2H3/b18-13-. The molecule has 0 aliphatic heterocycles. The highest BCUT2D eigenvalue weighted by Gasteiger charge is 2.10. The molecule has 104 valence electrons. The van der Waals surface area contributed by atoms with Crippen LogP contribution >= 0.6 is 0 Å². The summed E-state index contributed by atoms with van der Waals surface area (Å²) in [6.45, 7) is 1.93. The van der Waals surface area contributed by atoms with Crippen LogP contribution in [0.5, 0.6) is 5.75 Å². The number of hydroxylamine groups is 1. The molecule has 0 bridgehead atoms. The summed E-state index contributed by atoms with van der Waals surface area (Å²) in [7, 11) is 1.63. The first-order valence-electron chi connectivity index (χ1n) is 6.67. The fourth-order valence-electron chi connectivity index (χ4n) is 2.01. The Hall–Kier alpha value is -2.29. The lowest BCUT2D eigenvalue weighted by Gasteiger charge is -2.12. The number of rotatable bonds is 5. The number of ether oxygens (including phenoxy) is 1. The molecule has 1 atom stereocenters. The molecule has 0 fully saturated rings. The molecule has 1 unspecified atom stereocenters. The molecule has 0 saturated heterocycles. The van der Waals surface area contributed by atoms with Crippen molar-refractivity contribution in [1.29, 1.82) is 0 Å². The van der Waals surface area contributed by atoms with Gasteiger partial charge in [0, 0.05) is 12.0 Å². The summed E-state index contributed by atoms with van der Waals surface area (Å²) in [5.74, 6) is 0.789. The lowest BCUT2D eigenvalue weighted by atomic mass is 10.1. The first-order chi connectivity index (χ1) is 9.69. The van der Waals surface area contributed by atoms with Crippen molar-refractivity contribution in [3.63, 3.8) is 0 Å². The molecule has 20 heavy (non-hydrogen) atoms. The van der Waals surface area contributed by atoms with Crippen molar-refractivity contribution in [1.82, 2.24) is 0 Å². The molecular formula is C17H19NO2. The Kier molecular flexibility index (Phi) is 4.77. The van der Waals surface area contributed by atoms with Gasteiger partial charge in [0.1, 0.15) is 5.75 Å². The van der Waals surface area contributed by atoms with Crippen LogP contribution in [0.4, 0.5) is 0 Å². The molecule has 2 rings (SSSR count). The summed E-state index contributed by atoms with van der Waals surface area (Å²) in [6, 6.07) is 17.4. The van der Waals surface area contributed by atoms with Crippen molar-refractivity contribution in [2.24, 2.45) is 0 Å². The number of hydrogen-bond donors (Lipinski definition) is 0. The Morgan fingerprint density at radius 1 is 1.10 bits per heavy atom. The largest absolute Gasteiger partial charge is 0.624 e. The van der Waals surface area contributed by atoms with Gasteiger partial charge in [0.2, 0.25) is 0 Å². The van der Waals surface area contributed by atoms with Crippen molar-refractivity contribution in [2.75, 3.05) is 7.11 Å². The molecule has 3 heteroatoms. The van der Waals surface area contributed by atoms with Gasteiger partial charge in [-0.2, -0.15) is 0 Å². The van der Waals surface area contributed by atoms with Crippen LogP contribution in [0.1, 0.15) is 18.1 Å². The number of nitrogens with zero attached hydrogens (tertiary/aromatic N) is 1. The highest BCUT2D eigenvalue weighted by atomic mass is 16.5. The zero-order chi connectivity index (χ0) is 14.4. The van der Waals surface area contributed by atoms with Crippen LogP contribution in [0, 0.1) is 5.21 Å². The van der Waals surface area contributed by atoms with Crippen molar-refractivity contribution in [3.05, 3.63) is 70.9 Å². The second kappa shape index (κ2) is 6.75. The van der Waals surface area contributed by atoms with Gasteiger partial charge in [-0.15, -0.1) is 0 Å². The maximum Gasteiger partial charge on any atom is 0.182 e. The topological polar surface area (TPSA) is 35.3 Å². The van der Waals surface area contributed by atoms with Crippen LogP contribution in [0.2, 0.25) is 0 Å². The first-order valence-corrected chi connectivity index (χ1v) is 6.67. The minimum Gasteiger partial charge on any atom is -0.624 e. The molecule has 0 spiro atoms. The third-order valence-electron chi connectivity index (χ3n) is 3.20. The van der Waals surface area contributed by atoms with Crippen LogP contribution in [-0.2, 0) is 6.42 Å². The van der Waals surface area contributed by atoms with E-state index in [0.29, 0.717) is 0 Å². The highest BCUT2D eigenvalue weighted by Crippen LogP contribution is 2.10. The third-order valence-corrected chi connectivity index (χ3v) is 3.20. The van der Waals surface area contributed by atoms with Gasteiger partial charge in [-0.3, -0.25) is 0 Å². The normalized spacial score (nSPS) is 13.0. The average Bonchev–Trinajstić information content (AvgIpc) is 2.49. The SMILES string of the molecule is COc1ccc(/C=[N+](\[O-])C(C)Cc2ccccc2)cc1. The molecule has 3 nitrogen and oxygen atoms in total. The summed E-state index contributed by atoms with van der Waals surface area (Å²) in [6.07, 6.45) is 2.35. The van der Waals surface area contributed by atoms with Crippen LogP contribution in [0.3, 0.4) is 0 Å². The van der Waals surface area contributed by atoms with Crippen molar-refractivity contribution >= 4 is 6.21 Å². The summed E-state index contributed by atoms with van der Waals surface area (Å²) >= 11 is 0. The molecule has 0 aliphatic carbocycles. The van der Waals surface area contributed by atoms with Gasteiger partial charge in [0.15, 0.2) is 12.3 Å². The Bertz CT molecular complexity index is 561. The Morgan fingerprint density at radius 2 is 1.75 bits per heavy atom. The van der Waals surface area contributed by atoms with Gasteiger partial charge in [0.05, 0.1) is 7.11 Å². The summed E-state index contributed by atoms with van der Waals surface area (Å²) in [4.78, 5) is 0. The minimum absolute atomic E-state index is 0.0977. The second-order valence-corrected chi connectivity index (χ2v) is 4.80. The lowest BCUT2D eigenvalue weighted by Crippen LogP contribution is -2.21. The summed E-state index contributed by atoms with van der Waals surface area (Å²) < 4.78 is 6.10. The van der Waals surface area contributed by atoms with E-state index in [1.54, 1.807) is 13.3 Å². The van der Waals surface area contributed by atoms with E-state index in [2.05, 4.69) is 0 Å². The van der Waals surface area contributed by atoms with E-state index in [4.69, 9.17) is 4.74 Å². The quantitative estimate of drug-likeness (QED) is 0.361. The molecule has 0 aliphatic rings. The first kappa shape index (κ1) is 14.1. The number of benzene rings is 2. The fraction of sp³-hybridized carbons (Fsp3) is 0.235. The molecule has 0 saturated carbocycles. The minimum atomic E-state index is -0.0977. The highest BCUT2D eigenvalue weighted by molar-refractivity contribution is 5.75. The van der Waals surface area contributed by atoms with E-state index in [9.17, 15) is 5.21 Å². The number of methoxy groups -OCH3 is 1. The van der Waals surface area contributed by atoms with E-state index in [1.165, 1.54) is 5.56 Å². The van der Waals surface area contributed by atoms with Gasteiger partial charge in [-0.25, -0.2) is 4.74 Å². The molecule has 0 amide bonds. The summed E-state index contributed by atoms with van der Waals surface area (Å²) in [5, 5.41) is 12.1. The van der Waals surface area contributed by atoms with Crippen LogP contribution in [0.15, 0.2) is 54.6 Å². The number of hydrogen-bond acceptors (Lipinski definition) is 2. The summed E-state index contributed by atoms with van der Waals surface area (Å²) in [5.41, 5.74) is 2.05. The monoisotopic (exact) mass is 269 g/mol. The van der Waals surface area contributed by atoms with Gasteiger partial charge in [-0.1, -0.05) is 30.3 Å². The van der Waals surface area contributed by atoms with E-state index in [1.807, 2.05) is 61.5 Å². The smallest absolute Gasteiger partial charge is 0.182 e. The maximum atomic E-state index is 12.1. The zero-order valence-corrected chi connectivity index (χ0v) is 11.8. The van der Waals surface area contributed by atoms with Crippen LogP contribution < -0.4 is 4.74 Å². The molecule has 0 heterocycles. The molecular weight excluding hydrogens is 250 g/mol. The maximum absolute atomic E-state index is 12.1. The van der Waals surface area contributed by atoms with Gasteiger partial charge in [0.25, 0.3) is 0 Å². The Labute approximate surface area is 119 Å². The van der Waals surface area contributed by atoms with Gasteiger partial charge >= 0.3 is 0 Å². The molecule has 0 N–H and O–H groups in total. The van der Waals surface area contributed by atoms with Crippen LogP contribution in [0.25, 0.3) is 0 Å². The van der Waals surface area contributed by atoms with E-state index < -0.39 is 0 Å². The predicted octanol–water partition coefficient (Wildman–Crippen LogP) is 3.26. The Balaban J connectivity index is 2.05. The average molecular weight is 269 g/mol. The lowest BCUT2D eigenvalue weighted by molar-refractivity contribution is -0.491. The molecule has 2 aromatic rings. The van der Waals surface area contributed by atoms with Crippen molar-refractivity contribution in [2.45, 2.75) is 19.4 Å². The van der Waals surface area contributed by atoms with E-state index >= 15 is 0 Å². The molecule has 0 aromatic heterocycles. The molecule has 0 radical (unpaired) electrons. The van der Waals surface area contributed by atoms with Gasteiger partial charge in [-0.05, 0) is 36.8 Å². The zero-order valence-electron chi connectivity index (χ0n) is 11.8. The van der Waals surface area contributed by atoms with Crippen molar-refractivity contribution in [3.8, 4) is 5.75 Å². The third kappa shape index (κ3) is 3.85. The predicted molar refractivity (Wildman–Crippen MR) is 81.4 cm³/mol. The fourth-order valence-corrected chi connectivity index (χ4v) is 2.01. The van der Waals surface area contributed by atoms with Crippen molar-refractivity contribution < 1.29 is 9.48 Å². The second-order valence-electron chi connectivity index (χ2n) is 4.80. The van der Waals surface area contributed by atoms with Crippen LogP contribution in [-0.4, -0.2) is 24.1 Å². The molecule has 2 aromatic carbocycles. The van der Waals surface area contributed by atoms with E-state index in [-0.39, 0.29) is 6.04 Å². The van der Waals surface area contributed by atoms with Gasteiger partial charge < -0.3 is 9.94 Å². The van der Waals surface area contributed by atoms with E-state index in [0.717, 1.165) is 22.5 Å². The Morgan fingerprint density at radius 3 is 2.35 bits per heavy atom.